The van der Waals surface area contributed by atoms with Crippen molar-refractivity contribution in [2.75, 3.05) is 25.2 Å². The molecular formula is C13H17NO2S. The molecule has 4 heteroatoms. The third-order valence-electron chi connectivity index (χ3n) is 2.54. The quantitative estimate of drug-likeness (QED) is 0.871. The van der Waals surface area contributed by atoms with Crippen molar-refractivity contribution in [3.63, 3.8) is 0 Å². The molecule has 1 aromatic rings. The zero-order valence-electron chi connectivity index (χ0n) is 9.89. The Morgan fingerprint density at radius 2 is 2.24 bits per heavy atom. The third kappa shape index (κ3) is 3.17. The van der Waals surface area contributed by atoms with Gasteiger partial charge in [-0.25, -0.2) is 0 Å². The second-order valence-corrected chi connectivity index (χ2v) is 4.90. The summed E-state index contributed by atoms with van der Waals surface area (Å²) in [7, 11) is 1.66. The standard InChI is InChI=1S/C13H17NO2S/c1-15-12-5-4-10(3-2-6-14)7-13(12)16-11-8-17-9-11/h2-5,7,11H,6,8-9,14H2,1H3/b3-2+. The van der Waals surface area contributed by atoms with Crippen molar-refractivity contribution < 1.29 is 9.47 Å². The van der Waals surface area contributed by atoms with Gasteiger partial charge >= 0.3 is 0 Å². The second kappa shape index (κ2) is 5.98. The van der Waals surface area contributed by atoms with E-state index in [1.54, 1.807) is 7.11 Å². The van der Waals surface area contributed by atoms with Crippen molar-refractivity contribution in [1.29, 1.82) is 0 Å². The molecule has 3 nitrogen and oxygen atoms in total. The number of rotatable bonds is 5. The minimum Gasteiger partial charge on any atom is -0.493 e. The molecule has 1 heterocycles. The first-order chi connectivity index (χ1) is 8.33. The summed E-state index contributed by atoms with van der Waals surface area (Å²) in [6.45, 7) is 0.543. The van der Waals surface area contributed by atoms with Gasteiger partial charge in [-0.3, -0.25) is 0 Å². The summed E-state index contributed by atoms with van der Waals surface area (Å²) in [6, 6.07) is 5.92. The molecular weight excluding hydrogens is 234 g/mol. The van der Waals surface area contributed by atoms with E-state index in [4.69, 9.17) is 15.2 Å². The van der Waals surface area contributed by atoms with Crippen LogP contribution in [0.3, 0.4) is 0 Å². The van der Waals surface area contributed by atoms with Crippen LogP contribution in [0.2, 0.25) is 0 Å². The maximum absolute atomic E-state index is 5.88. The molecule has 0 spiro atoms. The Hall–Kier alpha value is -1.13. The van der Waals surface area contributed by atoms with E-state index in [1.165, 1.54) is 0 Å². The summed E-state index contributed by atoms with van der Waals surface area (Å²) in [6.07, 6.45) is 4.23. The molecule has 92 valence electrons. The van der Waals surface area contributed by atoms with Crippen LogP contribution in [0.15, 0.2) is 24.3 Å². The smallest absolute Gasteiger partial charge is 0.162 e. The number of methoxy groups -OCH3 is 1. The van der Waals surface area contributed by atoms with Crippen molar-refractivity contribution in [3.05, 3.63) is 29.8 Å². The van der Waals surface area contributed by atoms with E-state index in [9.17, 15) is 0 Å². The fourth-order valence-corrected chi connectivity index (χ4v) is 2.12. The number of hydrogen-bond acceptors (Lipinski definition) is 4. The Kier molecular flexibility index (Phi) is 4.34. The summed E-state index contributed by atoms with van der Waals surface area (Å²) in [5, 5.41) is 0. The fourth-order valence-electron chi connectivity index (χ4n) is 1.55. The summed E-state index contributed by atoms with van der Waals surface area (Å²) in [5.41, 5.74) is 6.52. The molecule has 2 rings (SSSR count). The first kappa shape index (κ1) is 12.3. The molecule has 1 fully saturated rings. The van der Waals surface area contributed by atoms with Crippen molar-refractivity contribution in [1.82, 2.24) is 0 Å². The Balaban J connectivity index is 2.15. The van der Waals surface area contributed by atoms with Gasteiger partial charge in [-0.15, -0.1) is 0 Å². The molecule has 1 saturated heterocycles. The van der Waals surface area contributed by atoms with Gasteiger partial charge in [-0.2, -0.15) is 11.8 Å². The van der Waals surface area contributed by atoms with Gasteiger partial charge in [0.1, 0.15) is 6.10 Å². The molecule has 2 N–H and O–H groups in total. The van der Waals surface area contributed by atoms with Gasteiger partial charge in [0, 0.05) is 18.1 Å². The van der Waals surface area contributed by atoms with E-state index in [0.717, 1.165) is 28.6 Å². The van der Waals surface area contributed by atoms with E-state index >= 15 is 0 Å². The predicted octanol–water partition coefficient (Wildman–Crippen LogP) is 2.16. The maximum Gasteiger partial charge on any atom is 0.162 e. The minimum atomic E-state index is 0.322. The summed E-state index contributed by atoms with van der Waals surface area (Å²) >= 11 is 1.90. The Morgan fingerprint density at radius 1 is 1.41 bits per heavy atom. The molecule has 0 unspecified atom stereocenters. The predicted molar refractivity (Wildman–Crippen MR) is 72.8 cm³/mol. The van der Waals surface area contributed by atoms with Gasteiger partial charge in [-0.1, -0.05) is 18.2 Å². The monoisotopic (exact) mass is 251 g/mol. The van der Waals surface area contributed by atoms with Gasteiger partial charge in [0.25, 0.3) is 0 Å². The number of ether oxygens (including phenoxy) is 2. The fraction of sp³-hybridized carbons (Fsp3) is 0.385. The lowest BCUT2D eigenvalue weighted by Gasteiger charge is -2.26. The van der Waals surface area contributed by atoms with Gasteiger partial charge in [-0.05, 0) is 17.7 Å². The maximum atomic E-state index is 5.88. The molecule has 0 atom stereocenters. The SMILES string of the molecule is COc1ccc(/C=C/CN)cc1OC1CSC1. The molecule has 0 amide bonds. The average molecular weight is 251 g/mol. The van der Waals surface area contributed by atoms with E-state index in [1.807, 2.05) is 42.1 Å². The van der Waals surface area contributed by atoms with Gasteiger partial charge in [0.15, 0.2) is 11.5 Å². The summed E-state index contributed by atoms with van der Waals surface area (Å²) in [5.74, 6) is 3.72. The molecule has 0 aliphatic carbocycles. The topological polar surface area (TPSA) is 44.5 Å². The molecule has 1 aromatic carbocycles. The van der Waals surface area contributed by atoms with Crippen LogP contribution in [0.1, 0.15) is 5.56 Å². The summed E-state index contributed by atoms with van der Waals surface area (Å²) in [4.78, 5) is 0. The largest absolute Gasteiger partial charge is 0.493 e. The lowest BCUT2D eigenvalue weighted by molar-refractivity contribution is 0.228. The van der Waals surface area contributed by atoms with Crippen LogP contribution in [-0.2, 0) is 0 Å². The van der Waals surface area contributed by atoms with E-state index in [-0.39, 0.29) is 0 Å². The molecule has 1 aliphatic rings. The van der Waals surface area contributed by atoms with Crippen LogP contribution in [0.4, 0.5) is 0 Å². The number of thioether (sulfide) groups is 1. The van der Waals surface area contributed by atoms with Gasteiger partial charge in [0.2, 0.25) is 0 Å². The number of nitrogens with two attached hydrogens (primary N) is 1. The molecule has 17 heavy (non-hydrogen) atoms. The van der Waals surface area contributed by atoms with Gasteiger partial charge in [0.05, 0.1) is 7.11 Å². The highest BCUT2D eigenvalue weighted by Gasteiger charge is 2.21. The summed E-state index contributed by atoms with van der Waals surface area (Å²) < 4.78 is 11.2. The van der Waals surface area contributed by atoms with Crippen molar-refractivity contribution >= 4 is 17.8 Å². The minimum absolute atomic E-state index is 0.322. The molecule has 1 aliphatic heterocycles. The van der Waals surface area contributed by atoms with E-state index in [0.29, 0.717) is 12.6 Å². The first-order valence-corrected chi connectivity index (χ1v) is 6.78. The Morgan fingerprint density at radius 3 is 2.82 bits per heavy atom. The normalized spacial score (nSPS) is 15.9. The third-order valence-corrected chi connectivity index (χ3v) is 3.75. The highest BCUT2D eigenvalue weighted by atomic mass is 32.2. The molecule has 0 bridgehead atoms. The Labute approximate surface area is 106 Å². The second-order valence-electron chi connectivity index (χ2n) is 3.83. The lowest BCUT2D eigenvalue weighted by Crippen LogP contribution is -2.31. The van der Waals surface area contributed by atoms with Crippen LogP contribution in [-0.4, -0.2) is 31.3 Å². The lowest BCUT2D eigenvalue weighted by atomic mass is 10.2. The van der Waals surface area contributed by atoms with Crippen LogP contribution in [0, 0.1) is 0 Å². The molecule has 0 radical (unpaired) electrons. The van der Waals surface area contributed by atoms with Crippen molar-refractivity contribution in [2.45, 2.75) is 6.10 Å². The van der Waals surface area contributed by atoms with E-state index in [2.05, 4.69) is 0 Å². The van der Waals surface area contributed by atoms with E-state index < -0.39 is 0 Å². The zero-order chi connectivity index (χ0) is 12.1. The van der Waals surface area contributed by atoms with Crippen molar-refractivity contribution in [3.8, 4) is 11.5 Å². The van der Waals surface area contributed by atoms with Crippen LogP contribution in [0.5, 0.6) is 11.5 Å². The highest BCUT2D eigenvalue weighted by Crippen LogP contribution is 2.32. The van der Waals surface area contributed by atoms with Crippen LogP contribution < -0.4 is 15.2 Å². The van der Waals surface area contributed by atoms with Crippen LogP contribution in [0.25, 0.3) is 6.08 Å². The molecule has 0 saturated carbocycles. The first-order valence-electron chi connectivity index (χ1n) is 5.62. The van der Waals surface area contributed by atoms with Crippen LogP contribution >= 0.6 is 11.8 Å². The number of hydrogen-bond donors (Lipinski definition) is 1. The van der Waals surface area contributed by atoms with Gasteiger partial charge < -0.3 is 15.2 Å². The Bertz CT molecular complexity index is 402. The average Bonchev–Trinajstić information content (AvgIpc) is 2.31. The number of benzene rings is 1. The molecule has 0 aromatic heterocycles. The zero-order valence-corrected chi connectivity index (χ0v) is 10.7. The highest BCUT2D eigenvalue weighted by molar-refractivity contribution is 8.00. The van der Waals surface area contributed by atoms with Crippen molar-refractivity contribution in [2.24, 2.45) is 5.73 Å².